The van der Waals surface area contributed by atoms with Crippen LogP contribution in [-0.4, -0.2) is 29.8 Å². The van der Waals surface area contributed by atoms with Gasteiger partial charge in [-0.05, 0) is 39.5 Å². The van der Waals surface area contributed by atoms with Gasteiger partial charge in [0.1, 0.15) is 12.3 Å². The second-order valence-electron chi connectivity index (χ2n) is 5.68. The van der Waals surface area contributed by atoms with Gasteiger partial charge in [-0.1, -0.05) is 5.16 Å². The summed E-state index contributed by atoms with van der Waals surface area (Å²) < 4.78 is 6.32. The summed E-state index contributed by atoms with van der Waals surface area (Å²) in [6.45, 7) is 5.11. The molecule has 0 amide bonds. The lowest BCUT2D eigenvalue weighted by atomic mass is 10.1. The quantitative estimate of drug-likeness (QED) is 0.703. The van der Waals surface area contributed by atoms with Gasteiger partial charge in [-0.2, -0.15) is 0 Å². The molecule has 1 aromatic heterocycles. The number of rotatable bonds is 3. The zero-order valence-electron chi connectivity index (χ0n) is 11.3. The van der Waals surface area contributed by atoms with Crippen LogP contribution < -0.4 is 12.4 Å². The van der Waals surface area contributed by atoms with Crippen molar-refractivity contribution in [3.63, 3.8) is 0 Å². The number of halogens is 1. The van der Waals surface area contributed by atoms with Gasteiger partial charge in [0.15, 0.2) is 0 Å². The van der Waals surface area contributed by atoms with E-state index >= 15 is 0 Å². The molecule has 98 valence electrons. The van der Waals surface area contributed by atoms with Crippen LogP contribution in [0.1, 0.15) is 42.7 Å². The molecule has 0 aromatic carbocycles. The average Bonchev–Trinajstić information content (AvgIpc) is 2.83. The first-order valence-electron chi connectivity index (χ1n) is 6.25. The summed E-state index contributed by atoms with van der Waals surface area (Å²) in [5.41, 5.74) is 2.36. The number of hydrogen-bond acceptors (Lipinski definition) is 2. The van der Waals surface area contributed by atoms with Crippen molar-refractivity contribution >= 4 is 0 Å². The molecule has 1 saturated carbocycles. The van der Waals surface area contributed by atoms with Crippen molar-refractivity contribution in [1.82, 2.24) is 5.16 Å². The third kappa shape index (κ3) is 3.02. The van der Waals surface area contributed by atoms with Gasteiger partial charge in [-0.3, -0.25) is 0 Å². The average molecular weight is 259 g/mol. The fourth-order valence-corrected chi connectivity index (χ4v) is 2.87. The molecule has 0 atom stereocenters. The molecule has 1 aromatic rings. The molecule has 0 saturated heterocycles. The first kappa shape index (κ1) is 14.5. The largest absolute Gasteiger partial charge is 1.00 e. The summed E-state index contributed by atoms with van der Waals surface area (Å²) in [5.74, 6) is 0.988. The number of aromatic nitrogens is 1. The molecular formula is C13H23ClN2O. The van der Waals surface area contributed by atoms with Gasteiger partial charge in [-0.15, -0.1) is 0 Å². The Balaban J connectivity index is 0.00000144. The van der Waals surface area contributed by atoms with E-state index in [0.717, 1.165) is 28.5 Å². The smallest absolute Gasteiger partial charge is 0.142 e. The molecule has 3 nitrogen and oxygen atoms in total. The van der Waals surface area contributed by atoms with Crippen molar-refractivity contribution in [3.05, 3.63) is 17.0 Å². The fourth-order valence-electron chi connectivity index (χ4n) is 2.87. The van der Waals surface area contributed by atoms with E-state index in [0.29, 0.717) is 0 Å². The van der Waals surface area contributed by atoms with Gasteiger partial charge in [0.2, 0.25) is 0 Å². The molecule has 1 heterocycles. The standard InChI is InChI=1S/C13H23N2O.ClH/c1-10-13(11(2)16-14-10)9-15(3,4)12-7-5-6-8-12;/h12H,5-9H2,1-4H3;1H/q+1;/p-1. The molecule has 1 aliphatic carbocycles. The van der Waals surface area contributed by atoms with Gasteiger partial charge >= 0.3 is 0 Å². The molecule has 0 aliphatic heterocycles. The zero-order chi connectivity index (χ0) is 11.8. The van der Waals surface area contributed by atoms with Crippen molar-refractivity contribution < 1.29 is 21.4 Å². The van der Waals surface area contributed by atoms with Crippen molar-refractivity contribution in [2.45, 2.75) is 52.1 Å². The van der Waals surface area contributed by atoms with Crippen LogP contribution >= 0.6 is 0 Å². The predicted octanol–water partition coefficient (Wildman–Crippen LogP) is -0.186. The van der Waals surface area contributed by atoms with Crippen molar-refractivity contribution in [3.8, 4) is 0 Å². The summed E-state index contributed by atoms with van der Waals surface area (Å²) in [6.07, 6.45) is 5.54. The maximum Gasteiger partial charge on any atom is 0.142 e. The van der Waals surface area contributed by atoms with Crippen LogP contribution in [0.25, 0.3) is 0 Å². The van der Waals surface area contributed by atoms with Crippen molar-refractivity contribution in [2.75, 3.05) is 14.1 Å². The number of aryl methyl sites for hydroxylation is 2. The molecule has 1 fully saturated rings. The molecule has 0 unspecified atom stereocenters. The third-order valence-corrected chi connectivity index (χ3v) is 4.06. The van der Waals surface area contributed by atoms with Gasteiger partial charge in [0.05, 0.1) is 31.4 Å². The zero-order valence-corrected chi connectivity index (χ0v) is 12.0. The van der Waals surface area contributed by atoms with E-state index in [1.165, 1.54) is 31.2 Å². The SMILES string of the molecule is Cc1noc(C)c1C[N+](C)(C)C1CCCC1.[Cl-]. The molecule has 2 rings (SSSR count). The minimum Gasteiger partial charge on any atom is -1.00 e. The second kappa shape index (κ2) is 5.40. The molecule has 0 bridgehead atoms. The summed E-state index contributed by atoms with van der Waals surface area (Å²) in [5, 5.41) is 4.04. The highest BCUT2D eigenvalue weighted by molar-refractivity contribution is 5.19. The Bertz CT molecular complexity index is 348. The van der Waals surface area contributed by atoms with E-state index in [4.69, 9.17) is 4.52 Å². The molecule has 17 heavy (non-hydrogen) atoms. The Morgan fingerprint density at radius 2 is 1.82 bits per heavy atom. The normalized spacial score (nSPS) is 17.2. The molecule has 0 N–H and O–H groups in total. The Labute approximate surface area is 110 Å². The van der Waals surface area contributed by atoms with Crippen LogP contribution in [0.2, 0.25) is 0 Å². The Morgan fingerprint density at radius 1 is 1.24 bits per heavy atom. The van der Waals surface area contributed by atoms with Crippen LogP contribution in [0.3, 0.4) is 0 Å². The van der Waals surface area contributed by atoms with E-state index in [2.05, 4.69) is 19.3 Å². The summed E-state index contributed by atoms with van der Waals surface area (Å²) in [4.78, 5) is 0. The fraction of sp³-hybridized carbons (Fsp3) is 0.769. The molecule has 4 heteroatoms. The van der Waals surface area contributed by atoms with Crippen LogP contribution in [0, 0.1) is 13.8 Å². The highest BCUT2D eigenvalue weighted by Crippen LogP contribution is 2.29. The summed E-state index contributed by atoms with van der Waals surface area (Å²) >= 11 is 0. The van der Waals surface area contributed by atoms with Gasteiger partial charge in [0.25, 0.3) is 0 Å². The first-order valence-corrected chi connectivity index (χ1v) is 6.25. The number of hydrogen-bond donors (Lipinski definition) is 0. The highest BCUT2D eigenvalue weighted by Gasteiger charge is 2.32. The van der Waals surface area contributed by atoms with Crippen LogP contribution in [0.5, 0.6) is 0 Å². The van der Waals surface area contributed by atoms with Crippen LogP contribution in [-0.2, 0) is 6.54 Å². The van der Waals surface area contributed by atoms with E-state index < -0.39 is 0 Å². The Kier molecular flexibility index (Phi) is 4.62. The lowest BCUT2D eigenvalue weighted by molar-refractivity contribution is -0.927. The van der Waals surface area contributed by atoms with Gasteiger partial charge in [-0.25, -0.2) is 0 Å². The topological polar surface area (TPSA) is 26.0 Å². The highest BCUT2D eigenvalue weighted by atomic mass is 35.5. The molecule has 0 radical (unpaired) electrons. The maximum atomic E-state index is 5.24. The lowest BCUT2D eigenvalue weighted by Crippen LogP contribution is -3.00. The summed E-state index contributed by atoms with van der Waals surface area (Å²) in [6, 6.07) is 0.814. The van der Waals surface area contributed by atoms with E-state index in [-0.39, 0.29) is 12.4 Å². The van der Waals surface area contributed by atoms with Gasteiger partial charge < -0.3 is 21.4 Å². The predicted molar refractivity (Wildman–Crippen MR) is 64.0 cm³/mol. The Hall–Kier alpha value is -0.540. The minimum atomic E-state index is 0. The lowest BCUT2D eigenvalue weighted by Gasteiger charge is -2.36. The Morgan fingerprint density at radius 3 is 2.29 bits per heavy atom. The molecule has 0 spiro atoms. The maximum absolute atomic E-state index is 5.24. The second-order valence-corrected chi connectivity index (χ2v) is 5.68. The van der Waals surface area contributed by atoms with Crippen molar-refractivity contribution in [2.24, 2.45) is 0 Å². The number of nitrogens with zero attached hydrogens (tertiary/aromatic N) is 2. The monoisotopic (exact) mass is 258 g/mol. The van der Waals surface area contributed by atoms with Crippen molar-refractivity contribution in [1.29, 1.82) is 0 Å². The van der Waals surface area contributed by atoms with Crippen LogP contribution in [0.15, 0.2) is 4.52 Å². The van der Waals surface area contributed by atoms with E-state index in [9.17, 15) is 0 Å². The first-order chi connectivity index (χ1) is 7.50. The number of quaternary nitrogens is 1. The van der Waals surface area contributed by atoms with E-state index in [1.807, 2.05) is 13.8 Å². The van der Waals surface area contributed by atoms with E-state index in [1.54, 1.807) is 0 Å². The third-order valence-electron chi connectivity index (χ3n) is 4.06. The van der Waals surface area contributed by atoms with Crippen LogP contribution in [0.4, 0.5) is 0 Å². The minimum absolute atomic E-state index is 0. The van der Waals surface area contributed by atoms with Gasteiger partial charge in [0, 0.05) is 0 Å². The molecule has 1 aliphatic rings. The molecular weight excluding hydrogens is 236 g/mol. The summed E-state index contributed by atoms with van der Waals surface area (Å²) in [7, 11) is 4.67.